The third-order valence-electron chi connectivity index (χ3n) is 4.33. The van der Waals surface area contributed by atoms with Crippen LogP contribution in [0.3, 0.4) is 0 Å². The summed E-state index contributed by atoms with van der Waals surface area (Å²) in [5.41, 5.74) is 4.10. The molecule has 0 aliphatic rings. The third-order valence-corrected chi connectivity index (χ3v) is 4.33. The molecular formula is C26H50O. The highest BCUT2D eigenvalue weighted by Crippen LogP contribution is 2.20. The summed E-state index contributed by atoms with van der Waals surface area (Å²) >= 11 is 0. The van der Waals surface area contributed by atoms with Gasteiger partial charge in [-0.25, -0.2) is 0 Å². The Morgan fingerprint density at radius 3 is 1.22 bits per heavy atom. The summed E-state index contributed by atoms with van der Waals surface area (Å²) in [5, 5.41) is 9.01. The summed E-state index contributed by atoms with van der Waals surface area (Å²) in [6.45, 7) is 11.0. The van der Waals surface area contributed by atoms with Crippen LogP contribution in [0.5, 0.6) is 5.75 Å². The Hall–Kier alpha value is -1.76. The predicted molar refractivity (Wildman–Crippen MR) is 130 cm³/mol. The number of benzene rings is 2. The molecule has 2 rings (SSSR count). The van der Waals surface area contributed by atoms with Crippen molar-refractivity contribution in [3.8, 4) is 5.75 Å². The second kappa shape index (κ2) is 19.0. The topological polar surface area (TPSA) is 20.2 Å². The molecule has 2 atom stereocenters. The molecule has 1 heteroatoms. The molecule has 0 saturated carbocycles. The van der Waals surface area contributed by atoms with E-state index in [1.807, 2.05) is 12.1 Å². The first-order valence-electron chi connectivity index (χ1n) is 8.33. The molecule has 0 spiro atoms. The Kier molecular flexibility index (Phi) is 25.5. The lowest BCUT2D eigenvalue weighted by molar-refractivity contribution is 0.475. The number of aromatic hydroxyl groups is 1. The third kappa shape index (κ3) is 13.1. The fourth-order valence-corrected chi connectivity index (χ4v) is 2.17. The van der Waals surface area contributed by atoms with Crippen molar-refractivity contribution in [2.45, 2.75) is 96.4 Å². The summed E-state index contributed by atoms with van der Waals surface area (Å²) in [7, 11) is 0. The fraction of sp³-hybridized carbons (Fsp3) is 0.538. The van der Waals surface area contributed by atoms with Crippen LogP contribution in [0.15, 0.2) is 48.5 Å². The minimum Gasteiger partial charge on any atom is -0.508 e. The molecule has 0 amide bonds. The number of hydrogen-bond donors (Lipinski definition) is 1. The first-order chi connectivity index (χ1) is 10.5. The summed E-state index contributed by atoms with van der Waals surface area (Å²) in [5.74, 6) is 1.64. The van der Waals surface area contributed by atoms with E-state index in [0.717, 1.165) is 6.42 Å². The molecule has 1 nitrogen and oxygen atoms in total. The van der Waals surface area contributed by atoms with E-state index in [1.165, 1.54) is 23.1 Å². The molecule has 2 aromatic carbocycles. The first-order valence-corrected chi connectivity index (χ1v) is 8.33. The van der Waals surface area contributed by atoms with Gasteiger partial charge in [-0.2, -0.15) is 0 Å². The van der Waals surface area contributed by atoms with Crippen LogP contribution in [0.2, 0.25) is 0 Å². The van der Waals surface area contributed by atoms with Crippen molar-refractivity contribution >= 4 is 0 Å². The standard InChI is InChI=1S/C11H16.C10H14O.5CH4/c1-4-10(3)11-7-5-9(2)6-8-11;1-3-8(2)9-4-6-10(11)7-5-9;;;;;/h5-8,10H,4H2,1-3H3;4-8,11H,3H2,1-2H3;5*1H4. The van der Waals surface area contributed by atoms with Crippen LogP contribution in [-0.4, -0.2) is 5.11 Å². The van der Waals surface area contributed by atoms with Crippen LogP contribution in [0.4, 0.5) is 0 Å². The first kappa shape index (κ1) is 36.2. The van der Waals surface area contributed by atoms with Crippen LogP contribution in [0, 0.1) is 6.92 Å². The molecule has 160 valence electrons. The van der Waals surface area contributed by atoms with Crippen molar-refractivity contribution in [3.63, 3.8) is 0 Å². The van der Waals surface area contributed by atoms with E-state index >= 15 is 0 Å². The van der Waals surface area contributed by atoms with Gasteiger partial charge in [-0.15, -0.1) is 0 Å². The quantitative estimate of drug-likeness (QED) is 0.561. The number of hydrogen-bond acceptors (Lipinski definition) is 1. The van der Waals surface area contributed by atoms with E-state index in [1.54, 1.807) is 12.1 Å². The van der Waals surface area contributed by atoms with Crippen LogP contribution in [0.25, 0.3) is 0 Å². The van der Waals surface area contributed by atoms with Gasteiger partial charge in [-0.3, -0.25) is 0 Å². The van der Waals surface area contributed by atoms with Gasteiger partial charge in [-0.05, 0) is 54.9 Å². The van der Waals surface area contributed by atoms with E-state index in [2.05, 4.69) is 58.9 Å². The summed E-state index contributed by atoms with van der Waals surface area (Å²) in [4.78, 5) is 0. The Bertz CT molecular complexity index is 474. The number of rotatable bonds is 4. The summed E-state index contributed by atoms with van der Waals surface area (Å²) in [6, 6.07) is 16.2. The Morgan fingerprint density at radius 1 is 0.630 bits per heavy atom. The molecule has 0 radical (unpaired) electrons. The lowest BCUT2D eigenvalue weighted by Crippen LogP contribution is -1.89. The van der Waals surface area contributed by atoms with Gasteiger partial charge in [0.2, 0.25) is 0 Å². The Balaban J connectivity index is -0.000000101. The maximum absolute atomic E-state index is 9.01. The van der Waals surface area contributed by atoms with Gasteiger partial charge in [0.1, 0.15) is 5.75 Å². The van der Waals surface area contributed by atoms with E-state index < -0.39 is 0 Å². The number of phenolic OH excluding ortho intramolecular Hbond substituents is 1. The number of aryl methyl sites for hydroxylation is 1. The van der Waals surface area contributed by atoms with E-state index in [4.69, 9.17) is 5.11 Å². The van der Waals surface area contributed by atoms with Gasteiger partial charge < -0.3 is 5.11 Å². The van der Waals surface area contributed by atoms with Crippen LogP contribution < -0.4 is 0 Å². The van der Waals surface area contributed by atoms with Crippen LogP contribution >= 0.6 is 0 Å². The van der Waals surface area contributed by atoms with Gasteiger partial charge in [0.05, 0.1) is 0 Å². The van der Waals surface area contributed by atoms with E-state index in [-0.39, 0.29) is 37.1 Å². The van der Waals surface area contributed by atoms with Crippen molar-refractivity contribution in [2.24, 2.45) is 0 Å². The van der Waals surface area contributed by atoms with Crippen molar-refractivity contribution in [2.75, 3.05) is 0 Å². The molecule has 1 N–H and O–H groups in total. The Morgan fingerprint density at radius 2 is 0.926 bits per heavy atom. The van der Waals surface area contributed by atoms with E-state index in [9.17, 15) is 0 Å². The molecule has 2 unspecified atom stereocenters. The molecule has 0 bridgehead atoms. The highest BCUT2D eigenvalue weighted by Gasteiger charge is 2.01. The second-order valence-electron chi connectivity index (χ2n) is 6.12. The molecule has 0 saturated heterocycles. The zero-order valence-electron chi connectivity index (χ0n) is 14.6. The van der Waals surface area contributed by atoms with Gasteiger partial charge in [0.25, 0.3) is 0 Å². The molecule has 2 aromatic rings. The minimum absolute atomic E-state index is 0. The maximum atomic E-state index is 9.01. The van der Waals surface area contributed by atoms with Crippen LogP contribution in [-0.2, 0) is 0 Å². The van der Waals surface area contributed by atoms with Gasteiger partial charge in [-0.1, -0.05) is 107 Å². The average Bonchev–Trinajstić information content (AvgIpc) is 2.55. The van der Waals surface area contributed by atoms with Gasteiger partial charge in [0.15, 0.2) is 0 Å². The lowest BCUT2D eigenvalue weighted by atomic mass is 9.98. The SMILES string of the molecule is C.C.C.C.C.CCC(C)c1ccc(C)cc1.CCC(C)c1ccc(O)cc1. The van der Waals surface area contributed by atoms with Crippen molar-refractivity contribution < 1.29 is 5.11 Å². The van der Waals surface area contributed by atoms with Crippen molar-refractivity contribution in [3.05, 3.63) is 65.2 Å². The molecule has 0 aromatic heterocycles. The van der Waals surface area contributed by atoms with Crippen molar-refractivity contribution in [1.29, 1.82) is 0 Å². The normalized spacial score (nSPS) is 10.6. The second-order valence-corrected chi connectivity index (χ2v) is 6.12. The largest absolute Gasteiger partial charge is 0.508 e. The minimum atomic E-state index is 0. The Labute approximate surface area is 172 Å². The molecule has 0 heterocycles. The average molecular weight is 379 g/mol. The van der Waals surface area contributed by atoms with Gasteiger partial charge >= 0.3 is 0 Å². The van der Waals surface area contributed by atoms with Gasteiger partial charge in [0, 0.05) is 0 Å². The molecule has 27 heavy (non-hydrogen) atoms. The smallest absolute Gasteiger partial charge is 0.115 e. The lowest BCUT2D eigenvalue weighted by Gasteiger charge is -2.07. The van der Waals surface area contributed by atoms with Crippen LogP contribution in [0.1, 0.15) is 106 Å². The molecule has 0 fully saturated rings. The van der Waals surface area contributed by atoms with E-state index in [0.29, 0.717) is 17.6 Å². The highest BCUT2D eigenvalue weighted by atomic mass is 16.3. The predicted octanol–water partition coefficient (Wildman–Crippen LogP) is 9.59. The molecule has 0 aliphatic heterocycles. The monoisotopic (exact) mass is 378 g/mol. The fourth-order valence-electron chi connectivity index (χ4n) is 2.17. The zero-order valence-corrected chi connectivity index (χ0v) is 14.6. The molecule has 0 aliphatic carbocycles. The van der Waals surface area contributed by atoms with Crippen molar-refractivity contribution in [1.82, 2.24) is 0 Å². The highest BCUT2D eigenvalue weighted by molar-refractivity contribution is 5.27. The summed E-state index contributed by atoms with van der Waals surface area (Å²) < 4.78 is 0. The molecular weight excluding hydrogens is 328 g/mol. The maximum Gasteiger partial charge on any atom is 0.115 e. The number of phenols is 1. The summed E-state index contributed by atoms with van der Waals surface area (Å²) in [6.07, 6.45) is 2.37. The zero-order chi connectivity index (χ0) is 16.5.